The molecule has 0 spiro atoms. The van der Waals surface area contributed by atoms with Gasteiger partial charge in [-0.3, -0.25) is 4.79 Å². The molecular weight excluding hydrogens is 419 g/mol. The van der Waals surface area contributed by atoms with Gasteiger partial charge in [0.05, 0.1) is 16.6 Å². The SMILES string of the molecule is CN(C)S(=O)(=O)NCCC(C)(CCCCB1OC(C)(C)C(C)(C)O1)C(=O)OC(C)(C)C. The molecule has 1 aliphatic heterocycles. The fourth-order valence-electron chi connectivity index (χ4n) is 3.22. The Balaban J connectivity index is 2.69. The van der Waals surface area contributed by atoms with Crippen molar-refractivity contribution < 1.29 is 27.3 Å². The first kappa shape index (κ1) is 28.4. The van der Waals surface area contributed by atoms with Crippen LogP contribution >= 0.6 is 0 Å². The highest BCUT2D eigenvalue weighted by Gasteiger charge is 2.50. The van der Waals surface area contributed by atoms with Crippen molar-refractivity contribution in [2.75, 3.05) is 20.6 Å². The Kier molecular flexibility index (Phi) is 9.22. The number of unbranched alkanes of at least 4 members (excludes halogenated alkanes) is 1. The zero-order chi connectivity index (χ0) is 24.3. The van der Waals surface area contributed by atoms with Crippen molar-refractivity contribution in [1.29, 1.82) is 0 Å². The lowest BCUT2D eigenvalue weighted by Crippen LogP contribution is -2.41. The van der Waals surface area contributed by atoms with Crippen molar-refractivity contribution in [2.45, 2.75) is 104 Å². The van der Waals surface area contributed by atoms with Crippen molar-refractivity contribution in [1.82, 2.24) is 9.03 Å². The number of carbonyl (C=O) groups excluding carboxylic acids is 1. The summed E-state index contributed by atoms with van der Waals surface area (Å²) in [5.74, 6) is -0.306. The van der Waals surface area contributed by atoms with Crippen LogP contribution in [-0.2, 0) is 29.0 Å². The van der Waals surface area contributed by atoms with Crippen molar-refractivity contribution in [3.63, 3.8) is 0 Å². The molecule has 0 aromatic carbocycles. The summed E-state index contributed by atoms with van der Waals surface area (Å²) in [4.78, 5) is 12.9. The van der Waals surface area contributed by atoms with E-state index in [2.05, 4.69) is 4.72 Å². The van der Waals surface area contributed by atoms with Gasteiger partial charge in [-0.25, -0.2) is 4.72 Å². The van der Waals surface area contributed by atoms with E-state index < -0.39 is 21.2 Å². The maximum absolute atomic E-state index is 12.9. The molecule has 1 atom stereocenters. The Morgan fingerprint density at radius 1 is 1.00 bits per heavy atom. The van der Waals surface area contributed by atoms with Gasteiger partial charge < -0.3 is 14.0 Å². The maximum Gasteiger partial charge on any atom is 0.457 e. The molecule has 1 aliphatic rings. The van der Waals surface area contributed by atoms with E-state index in [9.17, 15) is 13.2 Å². The number of ether oxygens (including phenoxy) is 1. The first-order valence-electron chi connectivity index (χ1n) is 11.1. The molecule has 1 rings (SSSR count). The molecule has 1 unspecified atom stereocenters. The van der Waals surface area contributed by atoms with Crippen molar-refractivity contribution in [3.8, 4) is 0 Å². The van der Waals surface area contributed by atoms with E-state index >= 15 is 0 Å². The molecule has 1 fully saturated rings. The smallest absolute Gasteiger partial charge is 0.457 e. The first-order valence-corrected chi connectivity index (χ1v) is 12.5. The number of hydrogen-bond donors (Lipinski definition) is 1. The molecule has 1 heterocycles. The summed E-state index contributed by atoms with van der Waals surface area (Å²) in [6.45, 7) is 15.6. The predicted molar refractivity (Wildman–Crippen MR) is 124 cm³/mol. The van der Waals surface area contributed by atoms with Crippen LogP contribution < -0.4 is 4.72 Å². The molecule has 0 amide bonds. The van der Waals surface area contributed by atoms with Crippen LogP contribution in [0.5, 0.6) is 0 Å². The lowest BCUT2D eigenvalue weighted by Gasteiger charge is -2.32. The standard InChI is InChI=1S/C21H43BN2O6S/c1-18(2,3)28-17(25)21(8,14-16-23-31(26,27)24(9)10)13-11-12-15-22-29-19(4,5)20(6,7)30-22/h23H,11-16H2,1-10H3. The minimum Gasteiger partial charge on any atom is -0.460 e. The normalized spacial score (nSPS) is 20.7. The van der Waals surface area contributed by atoms with Gasteiger partial charge in [0.25, 0.3) is 10.2 Å². The summed E-state index contributed by atoms with van der Waals surface area (Å²) in [5, 5.41) is 0. The molecule has 0 aromatic rings. The van der Waals surface area contributed by atoms with Gasteiger partial charge in [-0.15, -0.1) is 0 Å². The monoisotopic (exact) mass is 462 g/mol. The van der Waals surface area contributed by atoms with Gasteiger partial charge in [0.2, 0.25) is 0 Å². The van der Waals surface area contributed by atoms with Gasteiger partial charge in [-0.1, -0.05) is 12.8 Å². The average Bonchev–Trinajstić information content (AvgIpc) is 2.76. The van der Waals surface area contributed by atoms with E-state index in [4.69, 9.17) is 14.0 Å². The Labute approximate surface area is 190 Å². The third-order valence-corrected chi connectivity index (χ3v) is 7.58. The lowest BCUT2D eigenvalue weighted by atomic mass is 9.77. The summed E-state index contributed by atoms with van der Waals surface area (Å²) in [5.41, 5.74) is -2.11. The minimum atomic E-state index is -3.54. The maximum atomic E-state index is 12.9. The van der Waals surface area contributed by atoms with Crippen LogP contribution in [0, 0.1) is 5.41 Å². The highest BCUT2D eigenvalue weighted by Crippen LogP contribution is 2.38. The van der Waals surface area contributed by atoms with Gasteiger partial charge in [0.1, 0.15) is 5.60 Å². The molecule has 31 heavy (non-hydrogen) atoms. The molecule has 8 nitrogen and oxygen atoms in total. The third kappa shape index (κ3) is 8.31. The number of hydrogen-bond acceptors (Lipinski definition) is 6. The van der Waals surface area contributed by atoms with Crippen LogP contribution in [0.4, 0.5) is 0 Å². The van der Waals surface area contributed by atoms with E-state index in [0.717, 1.165) is 23.5 Å². The van der Waals surface area contributed by atoms with E-state index in [-0.39, 0.29) is 30.8 Å². The zero-order valence-corrected chi connectivity index (χ0v) is 21.9. The average molecular weight is 462 g/mol. The second-order valence-electron chi connectivity index (χ2n) is 10.9. The summed E-state index contributed by atoms with van der Waals surface area (Å²) in [6, 6.07) is 0. The molecule has 0 radical (unpaired) electrons. The van der Waals surface area contributed by atoms with Crippen molar-refractivity contribution in [3.05, 3.63) is 0 Å². The molecule has 10 heteroatoms. The first-order chi connectivity index (χ1) is 13.8. The molecule has 182 valence electrons. The topological polar surface area (TPSA) is 94.2 Å². The van der Waals surface area contributed by atoms with E-state index in [1.807, 2.05) is 55.4 Å². The molecule has 0 aromatic heterocycles. The quantitative estimate of drug-likeness (QED) is 0.287. The molecule has 1 saturated heterocycles. The summed E-state index contributed by atoms with van der Waals surface area (Å²) in [6.07, 6.45) is 3.29. The highest BCUT2D eigenvalue weighted by molar-refractivity contribution is 7.87. The van der Waals surface area contributed by atoms with Gasteiger partial charge in [-0.05, 0) is 74.6 Å². The number of carbonyl (C=O) groups is 1. The fourth-order valence-corrected chi connectivity index (χ4v) is 3.84. The lowest BCUT2D eigenvalue weighted by molar-refractivity contribution is -0.167. The fraction of sp³-hybridized carbons (Fsp3) is 0.952. The zero-order valence-electron chi connectivity index (χ0n) is 21.1. The van der Waals surface area contributed by atoms with E-state index in [1.165, 1.54) is 14.1 Å². The molecular formula is C21H43BN2O6S. The number of nitrogens with one attached hydrogen (secondary N) is 1. The van der Waals surface area contributed by atoms with Crippen molar-refractivity contribution >= 4 is 23.3 Å². The second kappa shape index (κ2) is 10.1. The Morgan fingerprint density at radius 2 is 1.52 bits per heavy atom. The molecule has 0 bridgehead atoms. The van der Waals surface area contributed by atoms with Crippen LogP contribution in [0.25, 0.3) is 0 Å². The molecule has 1 N–H and O–H groups in total. The van der Waals surface area contributed by atoms with Gasteiger partial charge in [0.15, 0.2) is 0 Å². The molecule has 0 aliphatic carbocycles. The Hall–Kier alpha value is -0.675. The summed E-state index contributed by atoms with van der Waals surface area (Å²) >= 11 is 0. The minimum absolute atomic E-state index is 0.160. The largest absolute Gasteiger partial charge is 0.460 e. The predicted octanol–water partition coefficient (Wildman–Crippen LogP) is 3.38. The number of rotatable bonds is 11. The Bertz CT molecular complexity index is 702. The highest BCUT2D eigenvalue weighted by atomic mass is 32.2. The number of nitrogens with zero attached hydrogens (tertiary/aromatic N) is 1. The summed E-state index contributed by atoms with van der Waals surface area (Å²) in [7, 11) is -0.874. The molecule has 0 saturated carbocycles. The van der Waals surface area contributed by atoms with Gasteiger partial charge >= 0.3 is 13.1 Å². The van der Waals surface area contributed by atoms with Crippen LogP contribution in [-0.4, -0.2) is 63.3 Å². The van der Waals surface area contributed by atoms with E-state index in [0.29, 0.717) is 12.8 Å². The van der Waals surface area contributed by atoms with Crippen molar-refractivity contribution in [2.24, 2.45) is 5.41 Å². The van der Waals surface area contributed by atoms with Crippen LogP contribution in [0.15, 0.2) is 0 Å². The Morgan fingerprint density at radius 3 is 1.97 bits per heavy atom. The number of esters is 1. The van der Waals surface area contributed by atoms with Gasteiger partial charge in [0, 0.05) is 20.6 Å². The van der Waals surface area contributed by atoms with Crippen LogP contribution in [0.2, 0.25) is 6.32 Å². The van der Waals surface area contributed by atoms with Gasteiger partial charge in [-0.2, -0.15) is 12.7 Å². The second-order valence-corrected chi connectivity index (χ2v) is 12.9. The van der Waals surface area contributed by atoms with Crippen LogP contribution in [0.3, 0.4) is 0 Å². The van der Waals surface area contributed by atoms with E-state index in [1.54, 1.807) is 0 Å². The van der Waals surface area contributed by atoms with Crippen LogP contribution in [0.1, 0.15) is 81.1 Å². The third-order valence-electron chi connectivity index (χ3n) is 6.05. The summed E-state index contributed by atoms with van der Waals surface area (Å²) < 4.78 is 45.4.